The minimum absolute atomic E-state index is 0. The predicted molar refractivity (Wildman–Crippen MR) is 94.3 cm³/mol. The number of nitrogens with two attached hydrogens (primary N) is 1. The molecule has 2 rings (SSSR count). The third kappa shape index (κ3) is 6.02. The van der Waals surface area contributed by atoms with E-state index >= 15 is 0 Å². The molecule has 0 unspecified atom stereocenters. The molecule has 5 heteroatoms. The lowest BCUT2D eigenvalue weighted by molar-refractivity contribution is 0.402. The fourth-order valence-corrected chi connectivity index (χ4v) is 2.06. The summed E-state index contributed by atoms with van der Waals surface area (Å²) in [6, 6.07) is 12.7. The molecule has 0 bridgehead atoms. The Bertz CT molecular complexity index is 510. The first-order chi connectivity index (χ1) is 9.19. The van der Waals surface area contributed by atoms with Crippen molar-refractivity contribution >= 4 is 24.8 Å². The van der Waals surface area contributed by atoms with Gasteiger partial charge in [0.25, 0.3) is 0 Å². The van der Waals surface area contributed by atoms with Gasteiger partial charge in [0.15, 0.2) is 0 Å². The van der Waals surface area contributed by atoms with Gasteiger partial charge in [-0.15, -0.1) is 24.8 Å². The maximum atomic E-state index is 5.55. The van der Waals surface area contributed by atoms with E-state index in [0.29, 0.717) is 6.54 Å². The van der Waals surface area contributed by atoms with Gasteiger partial charge in [0.2, 0.25) is 0 Å². The average molecular weight is 328 g/mol. The largest absolute Gasteiger partial charge is 0.330 e. The summed E-state index contributed by atoms with van der Waals surface area (Å²) in [6.45, 7) is 1.61. The van der Waals surface area contributed by atoms with E-state index in [1.165, 1.54) is 11.1 Å². The molecule has 0 radical (unpaired) electrons. The minimum atomic E-state index is 0. The summed E-state index contributed by atoms with van der Waals surface area (Å²) >= 11 is 0. The number of nitrogens with zero attached hydrogens (tertiary/aromatic N) is 2. The van der Waals surface area contributed by atoms with Crippen LogP contribution in [0.1, 0.15) is 11.1 Å². The number of hydrogen-bond acceptors (Lipinski definition) is 3. The normalized spacial score (nSPS) is 9.90. The lowest BCUT2D eigenvalue weighted by Gasteiger charge is -2.09. The topological polar surface area (TPSA) is 42.1 Å². The van der Waals surface area contributed by atoms with Crippen molar-refractivity contribution in [1.29, 1.82) is 0 Å². The van der Waals surface area contributed by atoms with Crippen molar-refractivity contribution in [1.82, 2.24) is 9.88 Å². The van der Waals surface area contributed by atoms with Crippen molar-refractivity contribution in [3.05, 3.63) is 53.7 Å². The molecule has 0 spiro atoms. The summed E-state index contributed by atoms with van der Waals surface area (Å²) in [4.78, 5) is 6.66. The van der Waals surface area contributed by atoms with Crippen LogP contribution in [0.15, 0.2) is 42.6 Å². The molecule has 1 heterocycles. The van der Waals surface area contributed by atoms with Gasteiger partial charge in [-0.05, 0) is 44.3 Å². The van der Waals surface area contributed by atoms with Gasteiger partial charge in [-0.1, -0.05) is 30.3 Å². The molecule has 0 aliphatic heterocycles. The van der Waals surface area contributed by atoms with E-state index in [0.717, 1.165) is 24.2 Å². The van der Waals surface area contributed by atoms with Gasteiger partial charge in [0, 0.05) is 18.3 Å². The molecule has 0 saturated carbocycles. The lowest BCUT2D eigenvalue weighted by atomic mass is 10.1. The van der Waals surface area contributed by atoms with E-state index < -0.39 is 0 Å². The van der Waals surface area contributed by atoms with Gasteiger partial charge in [0.1, 0.15) is 0 Å². The van der Waals surface area contributed by atoms with Gasteiger partial charge in [-0.3, -0.25) is 4.98 Å². The van der Waals surface area contributed by atoms with E-state index in [1.54, 1.807) is 0 Å². The fraction of sp³-hybridized carbons (Fsp3) is 0.312. The summed E-state index contributed by atoms with van der Waals surface area (Å²) < 4.78 is 0. The van der Waals surface area contributed by atoms with Crippen molar-refractivity contribution in [2.24, 2.45) is 5.73 Å². The number of pyridine rings is 1. The summed E-state index contributed by atoms with van der Waals surface area (Å²) in [6.07, 6.45) is 2.87. The van der Waals surface area contributed by atoms with E-state index in [1.807, 2.05) is 6.20 Å². The van der Waals surface area contributed by atoms with Gasteiger partial charge in [-0.2, -0.15) is 0 Å². The molecule has 2 N–H and O–H groups in total. The minimum Gasteiger partial charge on any atom is -0.330 e. The molecule has 0 atom stereocenters. The van der Waals surface area contributed by atoms with E-state index in [-0.39, 0.29) is 24.8 Å². The van der Waals surface area contributed by atoms with Gasteiger partial charge < -0.3 is 10.6 Å². The predicted octanol–water partition coefficient (Wildman–Crippen LogP) is 3.16. The number of rotatable bonds is 5. The van der Waals surface area contributed by atoms with Crippen LogP contribution in [-0.2, 0) is 13.0 Å². The molecule has 1 aromatic heterocycles. The molecule has 0 aliphatic carbocycles. The number of halogens is 2. The maximum absolute atomic E-state index is 5.55. The van der Waals surface area contributed by atoms with Crippen LogP contribution in [0.3, 0.4) is 0 Å². The van der Waals surface area contributed by atoms with Crippen LogP contribution in [0, 0.1) is 0 Å². The smallest absolute Gasteiger partial charge is 0.0702 e. The van der Waals surface area contributed by atoms with Gasteiger partial charge in [-0.25, -0.2) is 0 Å². The summed E-state index contributed by atoms with van der Waals surface area (Å²) in [5.41, 5.74) is 10.2. The first-order valence-electron chi connectivity index (χ1n) is 6.58. The third-order valence-corrected chi connectivity index (χ3v) is 3.01. The third-order valence-electron chi connectivity index (χ3n) is 3.01. The monoisotopic (exact) mass is 327 g/mol. The summed E-state index contributed by atoms with van der Waals surface area (Å²) in [5.74, 6) is 0. The Balaban J connectivity index is 0.00000200. The summed E-state index contributed by atoms with van der Waals surface area (Å²) in [5, 5.41) is 0. The molecule has 0 amide bonds. The van der Waals surface area contributed by atoms with Gasteiger partial charge in [0.05, 0.1) is 5.69 Å². The zero-order valence-corrected chi connectivity index (χ0v) is 14.1. The number of benzene rings is 1. The molecule has 0 aliphatic rings. The Morgan fingerprint density at radius 2 is 1.57 bits per heavy atom. The van der Waals surface area contributed by atoms with Crippen LogP contribution in [0.25, 0.3) is 11.3 Å². The Hall–Kier alpha value is -1.13. The second-order valence-electron chi connectivity index (χ2n) is 5.03. The Labute approximate surface area is 139 Å². The van der Waals surface area contributed by atoms with Crippen LogP contribution in [0.5, 0.6) is 0 Å². The zero-order valence-electron chi connectivity index (χ0n) is 12.5. The van der Waals surface area contributed by atoms with Gasteiger partial charge >= 0.3 is 0 Å². The zero-order chi connectivity index (χ0) is 13.7. The van der Waals surface area contributed by atoms with E-state index in [4.69, 9.17) is 5.73 Å². The van der Waals surface area contributed by atoms with E-state index in [2.05, 4.69) is 60.4 Å². The van der Waals surface area contributed by atoms with E-state index in [9.17, 15) is 0 Å². The van der Waals surface area contributed by atoms with Crippen LogP contribution < -0.4 is 5.73 Å². The SMILES string of the molecule is CN(C)Cc1ccc(-c2ccc(CCN)cc2)nc1.Cl.Cl. The number of hydrogen-bond donors (Lipinski definition) is 1. The first kappa shape index (κ1) is 19.9. The van der Waals surface area contributed by atoms with Crippen LogP contribution in [0.4, 0.5) is 0 Å². The first-order valence-corrected chi connectivity index (χ1v) is 6.58. The maximum Gasteiger partial charge on any atom is 0.0702 e. The molecule has 21 heavy (non-hydrogen) atoms. The molecular formula is C16H23Cl2N3. The average Bonchev–Trinajstić information content (AvgIpc) is 2.40. The highest BCUT2D eigenvalue weighted by molar-refractivity contribution is 5.85. The second-order valence-corrected chi connectivity index (χ2v) is 5.03. The highest BCUT2D eigenvalue weighted by atomic mass is 35.5. The van der Waals surface area contributed by atoms with Crippen LogP contribution >= 0.6 is 24.8 Å². The summed E-state index contributed by atoms with van der Waals surface area (Å²) in [7, 11) is 4.12. The number of aromatic nitrogens is 1. The lowest BCUT2D eigenvalue weighted by Crippen LogP contribution is -2.10. The molecule has 116 valence electrons. The molecular weight excluding hydrogens is 305 g/mol. The van der Waals surface area contributed by atoms with Crippen LogP contribution in [-0.4, -0.2) is 30.5 Å². The van der Waals surface area contributed by atoms with Crippen molar-refractivity contribution in [3.8, 4) is 11.3 Å². The highest BCUT2D eigenvalue weighted by Crippen LogP contribution is 2.18. The van der Waals surface area contributed by atoms with Crippen LogP contribution in [0.2, 0.25) is 0 Å². The molecule has 0 fully saturated rings. The standard InChI is InChI=1S/C16H21N3.2ClH/c1-19(2)12-14-5-8-16(18-11-14)15-6-3-13(4-7-15)9-10-17;;/h3-8,11H,9-10,12,17H2,1-2H3;2*1H. The Kier molecular flexibility index (Phi) is 9.22. The molecule has 0 saturated heterocycles. The van der Waals surface area contributed by atoms with Crippen molar-refractivity contribution < 1.29 is 0 Å². The molecule has 1 aromatic carbocycles. The highest BCUT2D eigenvalue weighted by Gasteiger charge is 2.01. The Morgan fingerprint density at radius 3 is 2.05 bits per heavy atom. The second kappa shape index (κ2) is 9.74. The quantitative estimate of drug-likeness (QED) is 0.917. The van der Waals surface area contributed by atoms with Crippen molar-refractivity contribution in [2.75, 3.05) is 20.6 Å². The Morgan fingerprint density at radius 1 is 0.952 bits per heavy atom. The van der Waals surface area contributed by atoms with Crippen molar-refractivity contribution in [3.63, 3.8) is 0 Å². The molecule has 3 nitrogen and oxygen atoms in total. The van der Waals surface area contributed by atoms with Crippen molar-refractivity contribution in [2.45, 2.75) is 13.0 Å². The fourth-order valence-electron chi connectivity index (χ4n) is 2.06. The molecule has 2 aromatic rings.